The summed E-state index contributed by atoms with van der Waals surface area (Å²) in [5.74, 6) is 0.692. The molecule has 0 aromatic carbocycles. The van der Waals surface area contributed by atoms with Crippen LogP contribution in [-0.4, -0.2) is 50.3 Å². The van der Waals surface area contributed by atoms with Crippen molar-refractivity contribution in [1.82, 2.24) is 10.2 Å². The summed E-state index contributed by atoms with van der Waals surface area (Å²) < 4.78 is 5.45. The third kappa shape index (κ3) is 4.04. The Labute approximate surface area is 101 Å². The summed E-state index contributed by atoms with van der Waals surface area (Å²) >= 11 is 0. The van der Waals surface area contributed by atoms with Crippen molar-refractivity contribution >= 4 is 0 Å². The highest BCUT2D eigenvalue weighted by atomic mass is 16.5. The number of hydrogen-bond acceptors (Lipinski definition) is 3. The molecule has 0 saturated carbocycles. The van der Waals surface area contributed by atoms with Crippen molar-refractivity contribution in [3.63, 3.8) is 0 Å². The molecule has 16 heavy (non-hydrogen) atoms. The maximum absolute atomic E-state index is 5.45. The molecule has 0 radical (unpaired) electrons. The summed E-state index contributed by atoms with van der Waals surface area (Å²) in [6, 6.07) is 1.25. The Kier molecular flexibility index (Phi) is 6.32. The van der Waals surface area contributed by atoms with Crippen LogP contribution in [0.4, 0.5) is 0 Å². The number of nitrogens with one attached hydrogen (secondary N) is 1. The molecule has 3 nitrogen and oxygen atoms in total. The van der Waals surface area contributed by atoms with Crippen molar-refractivity contribution in [2.45, 2.75) is 45.7 Å². The van der Waals surface area contributed by atoms with Crippen LogP contribution in [0.25, 0.3) is 0 Å². The van der Waals surface area contributed by atoms with Crippen LogP contribution in [0.15, 0.2) is 0 Å². The lowest BCUT2D eigenvalue weighted by molar-refractivity contribution is 0.115. The minimum absolute atomic E-state index is 0.621. The molecule has 1 rings (SSSR count). The number of likely N-dealkylation sites (N-methyl/N-ethyl adjacent to an activating group) is 1. The highest BCUT2D eigenvalue weighted by molar-refractivity contribution is 4.80. The molecule has 0 aromatic heterocycles. The summed E-state index contributed by atoms with van der Waals surface area (Å²) in [6.07, 6.45) is 2.41. The van der Waals surface area contributed by atoms with Crippen molar-refractivity contribution < 1.29 is 4.74 Å². The Morgan fingerprint density at radius 2 is 2.19 bits per heavy atom. The van der Waals surface area contributed by atoms with Gasteiger partial charge in [0.15, 0.2) is 0 Å². The Balaban J connectivity index is 2.27. The average molecular weight is 228 g/mol. The van der Waals surface area contributed by atoms with Crippen molar-refractivity contribution in [2.24, 2.45) is 5.92 Å². The molecule has 0 amide bonds. The standard InChI is InChI=1S/C13H28N2O/c1-5-7-14-9-11(2)12(3)15(4)13-6-8-16-10-13/h11-14H,5-10H2,1-4H3. The average Bonchev–Trinajstić information content (AvgIpc) is 2.80. The fraction of sp³-hybridized carbons (Fsp3) is 1.00. The van der Waals surface area contributed by atoms with Gasteiger partial charge in [0.1, 0.15) is 0 Å². The first-order chi connectivity index (χ1) is 7.66. The second kappa shape index (κ2) is 7.25. The summed E-state index contributed by atoms with van der Waals surface area (Å²) in [5, 5.41) is 3.50. The minimum atomic E-state index is 0.621. The van der Waals surface area contributed by atoms with Gasteiger partial charge in [-0.25, -0.2) is 0 Å². The molecule has 1 aliphatic heterocycles. The quantitative estimate of drug-likeness (QED) is 0.672. The van der Waals surface area contributed by atoms with E-state index in [-0.39, 0.29) is 0 Å². The molecule has 1 aliphatic rings. The number of ether oxygens (including phenoxy) is 1. The Hall–Kier alpha value is -0.120. The van der Waals surface area contributed by atoms with Gasteiger partial charge in [-0.1, -0.05) is 13.8 Å². The molecule has 0 aliphatic carbocycles. The second-order valence-electron chi connectivity index (χ2n) is 5.10. The van der Waals surface area contributed by atoms with Gasteiger partial charge in [0.25, 0.3) is 0 Å². The summed E-state index contributed by atoms with van der Waals surface area (Å²) in [4.78, 5) is 2.49. The predicted octanol–water partition coefficient (Wildman–Crippen LogP) is 1.73. The van der Waals surface area contributed by atoms with E-state index in [2.05, 4.69) is 38.0 Å². The second-order valence-corrected chi connectivity index (χ2v) is 5.10. The molecule has 96 valence electrons. The molecule has 0 aromatic rings. The lowest BCUT2D eigenvalue weighted by atomic mass is 10.0. The molecule has 1 saturated heterocycles. The van der Waals surface area contributed by atoms with Gasteiger partial charge in [0.05, 0.1) is 6.61 Å². The molecular formula is C13H28N2O. The lowest BCUT2D eigenvalue weighted by Crippen LogP contribution is -2.44. The van der Waals surface area contributed by atoms with E-state index < -0.39 is 0 Å². The molecule has 1 fully saturated rings. The van der Waals surface area contributed by atoms with Crippen molar-refractivity contribution in [2.75, 3.05) is 33.4 Å². The number of hydrogen-bond donors (Lipinski definition) is 1. The van der Waals surface area contributed by atoms with E-state index in [9.17, 15) is 0 Å². The van der Waals surface area contributed by atoms with E-state index in [4.69, 9.17) is 4.74 Å². The van der Waals surface area contributed by atoms with Crippen LogP contribution >= 0.6 is 0 Å². The van der Waals surface area contributed by atoms with Crippen molar-refractivity contribution in [3.8, 4) is 0 Å². The van der Waals surface area contributed by atoms with Gasteiger partial charge in [-0.15, -0.1) is 0 Å². The highest BCUT2D eigenvalue weighted by Gasteiger charge is 2.26. The molecule has 3 unspecified atom stereocenters. The molecule has 3 atom stereocenters. The van der Waals surface area contributed by atoms with Gasteiger partial charge >= 0.3 is 0 Å². The van der Waals surface area contributed by atoms with E-state index in [0.717, 1.165) is 26.3 Å². The van der Waals surface area contributed by atoms with Gasteiger partial charge in [-0.05, 0) is 45.8 Å². The van der Waals surface area contributed by atoms with E-state index in [1.54, 1.807) is 0 Å². The zero-order valence-corrected chi connectivity index (χ0v) is 11.3. The number of nitrogens with zero attached hydrogens (tertiary/aromatic N) is 1. The lowest BCUT2D eigenvalue weighted by Gasteiger charge is -2.33. The van der Waals surface area contributed by atoms with Gasteiger partial charge < -0.3 is 10.1 Å². The zero-order valence-electron chi connectivity index (χ0n) is 11.3. The SMILES string of the molecule is CCCNCC(C)C(C)N(C)C1CCOC1. The number of rotatable bonds is 7. The van der Waals surface area contributed by atoms with Crippen LogP contribution < -0.4 is 5.32 Å². The van der Waals surface area contributed by atoms with Gasteiger partial charge in [0.2, 0.25) is 0 Å². The molecular weight excluding hydrogens is 200 g/mol. The first-order valence-electron chi connectivity index (χ1n) is 6.67. The Morgan fingerprint density at radius 3 is 2.75 bits per heavy atom. The monoisotopic (exact) mass is 228 g/mol. The predicted molar refractivity (Wildman–Crippen MR) is 68.8 cm³/mol. The third-order valence-corrected chi connectivity index (χ3v) is 3.84. The third-order valence-electron chi connectivity index (χ3n) is 3.84. The van der Waals surface area contributed by atoms with Crippen LogP contribution in [0.1, 0.15) is 33.6 Å². The van der Waals surface area contributed by atoms with Crippen molar-refractivity contribution in [1.29, 1.82) is 0 Å². The molecule has 3 heteroatoms. The maximum atomic E-state index is 5.45. The van der Waals surface area contributed by atoms with E-state index in [1.165, 1.54) is 12.8 Å². The molecule has 1 heterocycles. The molecule has 0 bridgehead atoms. The van der Waals surface area contributed by atoms with Crippen LogP contribution in [0.3, 0.4) is 0 Å². The fourth-order valence-corrected chi connectivity index (χ4v) is 2.25. The van der Waals surface area contributed by atoms with Crippen LogP contribution in [-0.2, 0) is 4.74 Å². The van der Waals surface area contributed by atoms with Crippen LogP contribution in [0.5, 0.6) is 0 Å². The van der Waals surface area contributed by atoms with Gasteiger partial charge in [0, 0.05) is 18.7 Å². The summed E-state index contributed by atoms with van der Waals surface area (Å²) in [5.41, 5.74) is 0. The first-order valence-corrected chi connectivity index (χ1v) is 6.67. The van der Waals surface area contributed by atoms with Gasteiger partial charge in [-0.3, -0.25) is 4.90 Å². The van der Waals surface area contributed by atoms with Gasteiger partial charge in [-0.2, -0.15) is 0 Å². The summed E-state index contributed by atoms with van der Waals surface area (Å²) in [7, 11) is 2.24. The van der Waals surface area contributed by atoms with Crippen LogP contribution in [0.2, 0.25) is 0 Å². The maximum Gasteiger partial charge on any atom is 0.0622 e. The molecule has 0 spiro atoms. The largest absolute Gasteiger partial charge is 0.380 e. The minimum Gasteiger partial charge on any atom is -0.380 e. The van der Waals surface area contributed by atoms with Crippen molar-refractivity contribution in [3.05, 3.63) is 0 Å². The Morgan fingerprint density at radius 1 is 1.44 bits per heavy atom. The smallest absolute Gasteiger partial charge is 0.0622 e. The van der Waals surface area contributed by atoms with E-state index >= 15 is 0 Å². The topological polar surface area (TPSA) is 24.5 Å². The van der Waals surface area contributed by atoms with E-state index in [1.807, 2.05) is 0 Å². The summed E-state index contributed by atoms with van der Waals surface area (Å²) in [6.45, 7) is 11.0. The highest BCUT2D eigenvalue weighted by Crippen LogP contribution is 2.17. The normalized spacial score (nSPS) is 24.9. The fourth-order valence-electron chi connectivity index (χ4n) is 2.25. The molecule has 1 N–H and O–H groups in total. The zero-order chi connectivity index (χ0) is 12.0. The Bertz CT molecular complexity index is 181. The van der Waals surface area contributed by atoms with Crippen LogP contribution in [0, 0.1) is 5.92 Å². The first kappa shape index (κ1) is 13.9. The van der Waals surface area contributed by atoms with E-state index in [0.29, 0.717) is 18.0 Å².